The quantitative estimate of drug-likeness (QED) is 0.699. The van der Waals surface area contributed by atoms with Crippen LogP contribution in [0.3, 0.4) is 0 Å². The number of rotatable bonds is 6. The van der Waals surface area contributed by atoms with E-state index in [4.69, 9.17) is 0 Å². The van der Waals surface area contributed by atoms with Crippen molar-refractivity contribution < 1.29 is 9.18 Å². The highest BCUT2D eigenvalue weighted by molar-refractivity contribution is 5.73. The Balaban J connectivity index is 1.57. The maximum absolute atomic E-state index is 13.6. The number of carbonyl (C=O) groups excluding carboxylic acids is 1. The minimum Gasteiger partial charge on any atom is -0.334 e. The fraction of sp³-hybridized carbons (Fsp3) is 0.238. The number of aryl methyl sites for hydroxylation is 1. The van der Waals surface area contributed by atoms with Crippen molar-refractivity contribution in [2.45, 2.75) is 33.5 Å². The highest BCUT2D eigenvalue weighted by atomic mass is 19.1. The molecule has 2 aromatic carbocycles. The van der Waals surface area contributed by atoms with Gasteiger partial charge in [0.1, 0.15) is 5.82 Å². The van der Waals surface area contributed by atoms with Gasteiger partial charge >= 0.3 is 6.03 Å². The third-order valence-electron chi connectivity index (χ3n) is 4.53. The predicted molar refractivity (Wildman–Crippen MR) is 103 cm³/mol. The van der Waals surface area contributed by atoms with Gasteiger partial charge < -0.3 is 10.6 Å². The van der Waals surface area contributed by atoms with Gasteiger partial charge in [-0.3, -0.25) is 4.68 Å². The second-order valence-electron chi connectivity index (χ2n) is 6.42. The van der Waals surface area contributed by atoms with E-state index in [0.717, 1.165) is 17.0 Å². The van der Waals surface area contributed by atoms with E-state index >= 15 is 0 Å². The molecular formula is C21H23FN4O. The van der Waals surface area contributed by atoms with Crippen LogP contribution >= 0.6 is 0 Å². The first kappa shape index (κ1) is 18.6. The molecule has 0 fully saturated rings. The lowest BCUT2D eigenvalue weighted by Crippen LogP contribution is -2.35. The number of amides is 2. The normalized spacial score (nSPS) is 10.6. The number of hydrogen-bond donors (Lipinski definition) is 2. The molecule has 0 atom stereocenters. The zero-order chi connectivity index (χ0) is 19.2. The molecule has 1 aromatic heterocycles. The van der Waals surface area contributed by atoms with Gasteiger partial charge in [0, 0.05) is 29.9 Å². The molecule has 0 radical (unpaired) electrons. The Labute approximate surface area is 158 Å². The van der Waals surface area contributed by atoms with Gasteiger partial charge in [0.05, 0.1) is 12.2 Å². The Bertz CT molecular complexity index is 921. The van der Waals surface area contributed by atoms with Gasteiger partial charge in [0.2, 0.25) is 0 Å². The molecule has 0 unspecified atom stereocenters. The van der Waals surface area contributed by atoms with Gasteiger partial charge in [0.15, 0.2) is 0 Å². The number of benzene rings is 2. The van der Waals surface area contributed by atoms with E-state index in [1.54, 1.807) is 18.2 Å². The standard InChI is InChI=1S/C21H23FN4O/c1-15-19(16(2)26(25-15)14-17-8-4-3-5-9-17)13-24-21(27)23-12-18-10-6-7-11-20(18)22/h3-11H,12-14H2,1-2H3,(H2,23,24,27). The summed E-state index contributed by atoms with van der Waals surface area (Å²) < 4.78 is 15.5. The second kappa shape index (κ2) is 8.49. The first-order valence-electron chi connectivity index (χ1n) is 8.86. The minimum atomic E-state index is -0.340. The Hall–Kier alpha value is -3.15. The number of carbonyl (C=O) groups is 1. The van der Waals surface area contributed by atoms with Crippen molar-refractivity contribution in [2.24, 2.45) is 0 Å². The molecule has 0 aliphatic rings. The van der Waals surface area contributed by atoms with Gasteiger partial charge in [-0.2, -0.15) is 5.10 Å². The Morgan fingerprint density at radius 2 is 1.67 bits per heavy atom. The van der Waals surface area contributed by atoms with Crippen LogP contribution in [0.25, 0.3) is 0 Å². The molecule has 6 heteroatoms. The van der Waals surface area contributed by atoms with Gasteiger partial charge in [-0.05, 0) is 25.5 Å². The van der Waals surface area contributed by atoms with Gasteiger partial charge in [-0.15, -0.1) is 0 Å². The van der Waals surface area contributed by atoms with Crippen LogP contribution in [0, 0.1) is 19.7 Å². The fourth-order valence-corrected chi connectivity index (χ4v) is 2.95. The molecule has 0 aliphatic heterocycles. The maximum atomic E-state index is 13.6. The first-order valence-corrected chi connectivity index (χ1v) is 8.86. The molecular weight excluding hydrogens is 343 g/mol. The summed E-state index contributed by atoms with van der Waals surface area (Å²) >= 11 is 0. The number of hydrogen-bond acceptors (Lipinski definition) is 2. The molecule has 140 valence electrons. The van der Waals surface area contributed by atoms with Crippen LogP contribution in [-0.4, -0.2) is 15.8 Å². The molecule has 2 N–H and O–H groups in total. The summed E-state index contributed by atoms with van der Waals surface area (Å²) in [5.74, 6) is -0.327. The summed E-state index contributed by atoms with van der Waals surface area (Å²) in [7, 11) is 0. The van der Waals surface area contributed by atoms with E-state index in [1.807, 2.05) is 36.7 Å². The minimum absolute atomic E-state index is 0.143. The third-order valence-corrected chi connectivity index (χ3v) is 4.53. The Morgan fingerprint density at radius 1 is 1.00 bits per heavy atom. The van der Waals surface area contributed by atoms with E-state index in [0.29, 0.717) is 18.7 Å². The van der Waals surface area contributed by atoms with Crippen molar-refractivity contribution in [3.63, 3.8) is 0 Å². The van der Waals surface area contributed by atoms with Crippen LogP contribution in [0.2, 0.25) is 0 Å². The lowest BCUT2D eigenvalue weighted by molar-refractivity contribution is 0.240. The van der Waals surface area contributed by atoms with Crippen LogP contribution in [0.15, 0.2) is 54.6 Å². The summed E-state index contributed by atoms with van der Waals surface area (Å²) in [5, 5.41) is 10.1. The first-order chi connectivity index (χ1) is 13.0. The van der Waals surface area contributed by atoms with Crippen molar-refractivity contribution in [2.75, 3.05) is 0 Å². The van der Waals surface area contributed by atoms with Gasteiger partial charge in [0.25, 0.3) is 0 Å². The molecule has 2 amide bonds. The van der Waals surface area contributed by atoms with Crippen molar-refractivity contribution in [3.05, 3.63) is 88.5 Å². The number of halogens is 1. The van der Waals surface area contributed by atoms with Gasteiger partial charge in [-0.1, -0.05) is 48.5 Å². The average molecular weight is 366 g/mol. The molecule has 0 bridgehead atoms. The number of nitrogens with zero attached hydrogens (tertiary/aromatic N) is 2. The van der Waals surface area contributed by atoms with Crippen LogP contribution < -0.4 is 10.6 Å². The molecule has 0 saturated heterocycles. The topological polar surface area (TPSA) is 59.0 Å². The van der Waals surface area contributed by atoms with E-state index in [-0.39, 0.29) is 18.4 Å². The Morgan fingerprint density at radius 3 is 2.41 bits per heavy atom. The Kier molecular flexibility index (Phi) is 5.86. The van der Waals surface area contributed by atoms with E-state index in [1.165, 1.54) is 11.6 Å². The van der Waals surface area contributed by atoms with Crippen molar-refractivity contribution in [1.29, 1.82) is 0 Å². The summed E-state index contributed by atoms with van der Waals surface area (Å²) in [6.07, 6.45) is 0. The summed E-state index contributed by atoms with van der Waals surface area (Å²) in [6, 6.07) is 16.2. The van der Waals surface area contributed by atoms with Crippen molar-refractivity contribution >= 4 is 6.03 Å². The average Bonchev–Trinajstić information content (AvgIpc) is 2.93. The number of aromatic nitrogens is 2. The lowest BCUT2D eigenvalue weighted by Gasteiger charge is -2.09. The maximum Gasteiger partial charge on any atom is 0.315 e. The number of urea groups is 1. The summed E-state index contributed by atoms with van der Waals surface area (Å²) in [5.41, 5.74) is 4.52. The smallest absolute Gasteiger partial charge is 0.315 e. The van der Waals surface area contributed by atoms with Crippen LogP contribution in [0.4, 0.5) is 9.18 Å². The second-order valence-corrected chi connectivity index (χ2v) is 6.42. The molecule has 3 rings (SSSR count). The largest absolute Gasteiger partial charge is 0.334 e. The molecule has 3 aromatic rings. The summed E-state index contributed by atoms with van der Waals surface area (Å²) in [4.78, 5) is 12.0. The summed E-state index contributed by atoms with van der Waals surface area (Å²) in [6.45, 7) is 5.13. The van der Waals surface area contributed by atoms with Crippen molar-refractivity contribution in [1.82, 2.24) is 20.4 Å². The highest BCUT2D eigenvalue weighted by Gasteiger charge is 2.13. The van der Waals surface area contributed by atoms with Crippen LogP contribution in [-0.2, 0) is 19.6 Å². The monoisotopic (exact) mass is 366 g/mol. The molecule has 0 saturated carbocycles. The molecule has 27 heavy (non-hydrogen) atoms. The van der Waals surface area contributed by atoms with E-state index in [2.05, 4.69) is 27.9 Å². The van der Waals surface area contributed by atoms with Crippen molar-refractivity contribution in [3.8, 4) is 0 Å². The third kappa shape index (κ3) is 4.73. The predicted octanol–water partition coefficient (Wildman–Crippen LogP) is 3.69. The van der Waals surface area contributed by atoms with Crippen LogP contribution in [0.1, 0.15) is 28.1 Å². The molecule has 0 aliphatic carbocycles. The zero-order valence-corrected chi connectivity index (χ0v) is 15.5. The van der Waals surface area contributed by atoms with E-state index in [9.17, 15) is 9.18 Å². The fourth-order valence-electron chi connectivity index (χ4n) is 2.95. The highest BCUT2D eigenvalue weighted by Crippen LogP contribution is 2.14. The lowest BCUT2D eigenvalue weighted by atomic mass is 10.2. The molecule has 5 nitrogen and oxygen atoms in total. The molecule has 1 heterocycles. The van der Waals surface area contributed by atoms with E-state index < -0.39 is 0 Å². The van der Waals surface area contributed by atoms with Crippen LogP contribution in [0.5, 0.6) is 0 Å². The zero-order valence-electron chi connectivity index (χ0n) is 15.5. The van der Waals surface area contributed by atoms with Gasteiger partial charge in [-0.25, -0.2) is 9.18 Å². The SMILES string of the molecule is Cc1nn(Cc2ccccc2)c(C)c1CNC(=O)NCc1ccccc1F. The molecule has 0 spiro atoms. The number of nitrogens with one attached hydrogen (secondary N) is 2.